The van der Waals surface area contributed by atoms with Gasteiger partial charge in [0.25, 0.3) is 5.56 Å². The molecule has 2 aromatic heterocycles. The van der Waals surface area contributed by atoms with Crippen molar-refractivity contribution in [3.8, 4) is 11.1 Å². The number of nitrogens with zero attached hydrogens (tertiary/aromatic N) is 2. The standard InChI is InChI=1S/C19H19N3O2S/c1-3-10-20-15(23)9-11-22-12-21-18-17(19(22)24)16(13(2)25-18)14-7-5-4-6-8-14/h3-8,12H,1,9-11H2,2H3,(H,20,23). The Morgan fingerprint density at radius 3 is 2.84 bits per heavy atom. The molecule has 0 aliphatic heterocycles. The second-order valence-corrected chi connectivity index (χ2v) is 6.87. The number of benzene rings is 1. The SMILES string of the molecule is C=CCNC(=O)CCn1cnc2sc(C)c(-c3ccccc3)c2c1=O. The first-order valence-electron chi connectivity index (χ1n) is 8.03. The highest BCUT2D eigenvalue weighted by Crippen LogP contribution is 2.35. The molecule has 0 bridgehead atoms. The molecule has 2 heterocycles. The zero-order valence-corrected chi connectivity index (χ0v) is 14.8. The van der Waals surface area contributed by atoms with Crippen molar-refractivity contribution in [1.29, 1.82) is 0 Å². The molecular weight excluding hydrogens is 334 g/mol. The van der Waals surface area contributed by atoms with Crippen molar-refractivity contribution in [3.05, 3.63) is 64.5 Å². The molecule has 1 N–H and O–H groups in total. The van der Waals surface area contributed by atoms with Crippen molar-refractivity contribution >= 4 is 27.5 Å². The molecule has 0 radical (unpaired) electrons. The summed E-state index contributed by atoms with van der Waals surface area (Å²) in [5, 5.41) is 3.34. The molecule has 0 saturated carbocycles. The molecule has 1 aromatic carbocycles. The molecule has 3 aromatic rings. The van der Waals surface area contributed by atoms with Crippen LogP contribution in [0.25, 0.3) is 21.3 Å². The van der Waals surface area contributed by atoms with Crippen LogP contribution in [0, 0.1) is 6.92 Å². The second-order valence-electron chi connectivity index (χ2n) is 5.67. The van der Waals surface area contributed by atoms with Crippen LogP contribution in [0.5, 0.6) is 0 Å². The molecule has 0 aliphatic carbocycles. The molecule has 3 rings (SSSR count). The Morgan fingerprint density at radius 1 is 1.36 bits per heavy atom. The number of fused-ring (bicyclic) bond motifs is 1. The van der Waals surface area contributed by atoms with Crippen molar-refractivity contribution in [3.63, 3.8) is 0 Å². The Kier molecular flexibility index (Phi) is 5.09. The molecule has 0 spiro atoms. The van der Waals surface area contributed by atoms with E-state index in [2.05, 4.69) is 16.9 Å². The first-order chi connectivity index (χ1) is 12.1. The van der Waals surface area contributed by atoms with Crippen molar-refractivity contribution in [2.24, 2.45) is 0 Å². The van der Waals surface area contributed by atoms with Crippen LogP contribution in [-0.4, -0.2) is 22.0 Å². The maximum Gasteiger partial charge on any atom is 0.262 e. The van der Waals surface area contributed by atoms with Gasteiger partial charge in [-0.05, 0) is 12.5 Å². The molecule has 0 atom stereocenters. The average Bonchev–Trinajstić information content (AvgIpc) is 2.97. The fraction of sp³-hybridized carbons (Fsp3) is 0.211. The molecule has 0 saturated heterocycles. The predicted octanol–water partition coefficient (Wildman–Crippen LogP) is 3.13. The molecule has 1 amide bonds. The summed E-state index contributed by atoms with van der Waals surface area (Å²) in [4.78, 5) is 30.9. The number of carbonyl (C=O) groups is 1. The largest absolute Gasteiger partial charge is 0.353 e. The molecule has 0 fully saturated rings. The third kappa shape index (κ3) is 3.53. The van der Waals surface area contributed by atoms with Crippen LogP contribution in [0.1, 0.15) is 11.3 Å². The lowest BCUT2D eigenvalue weighted by atomic mass is 10.0. The lowest BCUT2D eigenvalue weighted by molar-refractivity contribution is -0.121. The van der Waals surface area contributed by atoms with E-state index in [4.69, 9.17) is 0 Å². The van der Waals surface area contributed by atoms with Gasteiger partial charge in [-0.3, -0.25) is 14.2 Å². The van der Waals surface area contributed by atoms with Gasteiger partial charge in [0, 0.05) is 30.0 Å². The van der Waals surface area contributed by atoms with Gasteiger partial charge in [0.15, 0.2) is 0 Å². The minimum absolute atomic E-state index is 0.107. The molecule has 25 heavy (non-hydrogen) atoms. The second kappa shape index (κ2) is 7.44. The monoisotopic (exact) mass is 353 g/mol. The molecule has 0 unspecified atom stereocenters. The fourth-order valence-corrected chi connectivity index (χ4v) is 3.75. The van der Waals surface area contributed by atoms with E-state index in [0.29, 0.717) is 18.5 Å². The van der Waals surface area contributed by atoms with Gasteiger partial charge in [0.1, 0.15) is 4.83 Å². The first kappa shape index (κ1) is 17.1. The Labute approximate surface area is 149 Å². The number of thiophene rings is 1. The van der Waals surface area contributed by atoms with Crippen molar-refractivity contribution in [2.75, 3.05) is 6.54 Å². The lowest BCUT2D eigenvalue weighted by Crippen LogP contribution is -2.27. The van der Waals surface area contributed by atoms with Crippen LogP contribution in [0.3, 0.4) is 0 Å². The van der Waals surface area contributed by atoms with Gasteiger partial charge in [-0.2, -0.15) is 0 Å². The van der Waals surface area contributed by atoms with Crippen LogP contribution in [-0.2, 0) is 11.3 Å². The quantitative estimate of drug-likeness (QED) is 0.693. The fourth-order valence-electron chi connectivity index (χ4n) is 2.75. The van der Waals surface area contributed by atoms with E-state index < -0.39 is 0 Å². The van der Waals surface area contributed by atoms with E-state index in [-0.39, 0.29) is 17.9 Å². The van der Waals surface area contributed by atoms with E-state index in [0.717, 1.165) is 20.8 Å². The van der Waals surface area contributed by atoms with Crippen molar-refractivity contribution < 1.29 is 4.79 Å². The van der Waals surface area contributed by atoms with Gasteiger partial charge in [-0.1, -0.05) is 36.4 Å². The molecule has 5 nitrogen and oxygen atoms in total. The van der Waals surface area contributed by atoms with E-state index in [1.165, 1.54) is 22.2 Å². The van der Waals surface area contributed by atoms with Crippen molar-refractivity contribution in [1.82, 2.24) is 14.9 Å². The van der Waals surface area contributed by atoms with E-state index in [1.54, 1.807) is 6.08 Å². The van der Waals surface area contributed by atoms with Gasteiger partial charge in [0.05, 0.1) is 11.7 Å². The summed E-state index contributed by atoms with van der Waals surface area (Å²) in [6, 6.07) is 9.85. The Bertz CT molecular complexity index is 973. The van der Waals surface area contributed by atoms with Crippen LogP contribution in [0.2, 0.25) is 0 Å². The maximum absolute atomic E-state index is 12.9. The molecule has 128 valence electrons. The van der Waals surface area contributed by atoms with Crippen LogP contribution in [0.4, 0.5) is 0 Å². The van der Waals surface area contributed by atoms with Gasteiger partial charge < -0.3 is 5.32 Å². The Hall–Kier alpha value is -2.73. The van der Waals surface area contributed by atoms with E-state index in [1.807, 2.05) is 37.3 Å². The lowest BCUT2D eigenvalue weighted by Gasteiger charge is -2.07. The van der Waals surface area contributed by atoms with E-state index in [9.17, 15) is 9.59 Å². The molecule has 0 aliphatic rings. The summed E-state index contributed by atoms with van der Waals surface area (Å²) in [6.07, 6.45) is 3.37. The topological polar surface area (TPSA) is 64.0 Å². The van der Waals surface area contributed by atoms with Crippen molar-refractivity contribution in [2.45, 2.75) is 19.9 Å². The Morgan fingerprint density at radius 2 is 2.12 bits per heavy atom. The predicted molar refractivity (Wildman–Crippen MR) is 102 cm³/mol. The van der Waals surface area contributed by atoms with Gasteiger partial charge in [-0.15, -0.1) is 17.9 Å². The average molecular weight is 353 g/mol. The minimum Gasteiger partial charge on any atom is -0.353 e. The summed E-state index contributed by atoms with van der Waals surface area (Å²) < 4.78 is 1.51. The first-order valence-corrected chi connectivity index (χ1v) is 8.85. The third-order valence-corrected chi connectivity index (χ3v) is 4.95. The highest BCUT2D eigenvalue weighted by atomic mass is 32.1. The number of hydrogen-bond donors (Lipinski definition) is 1. The highest BCUT2D eigenvalue weighted by Gasteiger charge is 2.16. The van der Waals surface area contributed by atoms with E-state index >= 15 is 0 Å². The summed E-state index contributed by atoms with van der Waals surface area (Å²) in [5.74, 6) is -0.114. The summed E-state index contributed by atoms with van der Waals surface area (Å²) >= 11 is 1.52. The summed E-state index contributed by atoms with van der Waals surface area (Å²) in [7, 11) is 0. The number of amides is 1. The number of carbonyl (C=O) groups excluding carboxylic acids is 1. The summed E-state index contributed by atoms with van der Waals surface area (Å²) in [6.45, 7) is 6.29. The maximum atomic E-state index is 12.9. The van der Waals surface area contributed by atoms with Crippen LogP contribution >= 0.6 is 11.3 Å². The van der Waals surface area contributed by atoms with Crippen LogP contribution in [0.15, 0.2) is 54.1 Å². The minimum atomic E-state index is -0.114. The zero-order chi connectivity index (χ0) is 17.8. The number of rotatable bonds is 6. The number of hydrogen-bond acceptors (Lipinski definition) is 4. The number of nitrogens with one attached hydrogen (secondary N) is 1. The molecule has 6 heteroatoms. The number of aryl methyl sites for hydroxylation is 2. The smallest absolute Gasteiger partial charge is 0.262 e. The van der Waals surface area contributed by atoms with Gasteiger partial charge in [0.2, 0.25) is 5.91 Å². The summed E-state index contributed by atoms with van der Waals surface area (Å²) in [5.41, 5.74) is 1.83. The highest BCUT2D eigenvalue weighted by molar-refractivity contribution is 7.19. The molecular formula is C19H19N3O2S. The van der Waals surface area contributed by atoms with Gasteiger partial charge in [-0.25, -0.2) is 4.98 Å². The Balaban J connectivity index is 1.98. The number of aromatic nitrogens is 2. The normalized spacial score (nSPS) is 10.8. The third-order valence-electron chi connectivity index (χ3n) is 3.94. The van der Waals surface area contributed by atoms with Gasteiger partial charge >= 0.3 is 0 Å². The van der Waals surface area contributed by atoms with Crippen LogP contribution < -0.4 is 10.9 Å². The zero-order valence-electron chi connectivity index (χ0n) is 14.0.